The van der Waals surface area contributed by atoms with Crippen LogP contribution in [0.25, 0.3) is 0 Å². The Morgan fingerprint density at radius 3 is 1.14 bits per heavy atom. The molecule has 13 nitrogen and oxygen atoms in total. The summed E-state index contributed by atoms with van der Waals surface area (Å²) in [5, 5.41) is 38.0. The van der Waals surface area contributed by atoms with Crippen molar-refractivity contribution >= 4 is 0 Å². The molecule has 0 aromatic heterocycles. The molecular weight excluding hydrogens is 210 g/mol. The van der Waals surface area contributed by atoms with Gasteiger partial charge in [0.15, 0.2) is 5.03 Å². The molecular formula is CHN5O8. The molecule has 0 atom stereocenters. The first-order valence-corrected chi connectivity index (χ1v) is 2.61. The van der Waals surface area contributed by atoms with Crippen LogP contribution in [0.3, 0.4) is 0 Å². The topological polar surface area (TPSA) is 185 Å². The van der Waals surface area contributed by atoms with E-state index in [1.54, 1.807) is 0 Å². The van der Waals surface area contributed by atoms with Crippen molar-refractivity contribution in [1.82, 2.24) is 5.43 Å². The standard InChI is InChI=1S/CHN5O8/c7-3(8)1(4(9)10,5(11)12)2-6(13)14/h2H. The van der Waals surface area contributed by atoms with Crippen LogP contribution in [0, 0.1) is 40.5 Å². The third kappa shape index (κ3) is 1.59. The van der Waals surface area contributed by atoms with E-state index in [1.165, 1.54) is 0 Å². The lowest BCUT2D eigenvalue weighted by molar-refractivity contribution is -1.00. The van der Waals surface area contributed by atoms with E-state index in [1.807, 2.05) is 0 Å². The predicted octanol–water partition coefficient (Wildman–Crippen LogP) is -1.79. The molecule has 0 aromatic rings. The van der Waals surface area contributed by atoms with E-state index < -0.39 is 25.7 Å². The molecule has 0 aliphatic rings. The highest BCUT2D eigenvalue weighted by Crippen LogP contribution is 2.07. The lowest BCUT2D eigenvalue weighted by Gasteiger charge is -2.03. The highest BCUT2D eigenvalue weighted by molar-refractivity contribution is 4.40. The number of rotatable bonds is 5. The Balaban J connectivity index is 5.38. The molecule has 0 unspecified atom stereocenters. The lowest BCUT2D eigenvalue weighted by atomic mass is 10.7. The molecule has 0 fully saturated rings. The van der Waals surface area contributed by atoms with Crippen molar-refractivity contribution < 1.29 is 19.8 Å². The first-order valence-electron chi connectivity index (χ1n) is 2.61. The number of nitro groups is 4. The number of hydrogen-bond acceptors (Lipinski definition) is 8. The zero-order valence-electron chi connectivity index (χ0n) is 6.05. The van der Waals surface area contributed by atoms with Gasteiger partial charge in [-0.25, -0.2) is 10.1 Å². The zero-order chi connectivity index (χ0) is 11.5. The Morgan fingerprint density at radius 1 is 0.786 bits per heavy atom. The van der Waals surface area contributed by atoms with Crippen molar-refractivity contribution in [1.29, 1.82) is 0 Å². The zero-order valence-corrected chi connectivity index (χ0v) is 6.05. The van der Waals surface area contributed by atoms with Crippen molar-refractivity contribution in [3.63, 3.8) is 0 Å². The van der Waals surface area contributed by atoms with E-state index in [-0.39, 0.29) is 0 Å². The van der Waals surface area contributed by atoms with Gasteiger partial charge in [0.2, 0.25) is 14.8 Å². The van der Waals surface area contributed by atoms with Crippen LogP contribution in [0.5, 0.6) is 0 Å². The van der Waals surface area contributed by atoms with E-state index in [4.69, 9.17) is 0 Å². The Hall–Kier alpha value is -2.60. The normalized spacial score (nSPS) is 10.3. The second-order valence-corrected chi connectivity index (χ2v) is 1.78. The van der Waals surface area contributed by atoms with Crippen molar-refractivity contribution in [3.8, 4) is 0 Å². The third-order valence-corrected chi connectivity index (χ3v) is 1.01. The fraction of sp³-hybridized carbons (Fsp3) is 1.00. The molecule has 0 radical (unpaired) electrons. The van der Waals surface area contributed by atoms with E-state index in [2.05, 4.69) is 0 Å². The minimum absolute atomic E-state index is 0.417. The second kappa shape index (κ2) is 3.42. The minimum atomic E-state index is -4.26. The summed E-state index contributed by atoms with van der Waals surface area (Å²) >= 11 is 0. The van der Waals surface area contributed by atoms with E-state index in [0.29, 0.717) is 5.43 Å². The van der Waals surface area contributed by atoms with Crippen LogP contribution in [0.2, 0.25) is 0 Å². The molecule has 13 heteroatoms. The Labute approximate surface area is 72.9 Å². The van der Waals surface area contributed by atoms with Gasteiger partial charge in [-0.1, -0.05) is 0 Å². The predicted molar refractivity (Wildman–Crippen MR) is 33.8 cm³/mol. The Kier molecular flexibility index (Phi) is 2.78. The maximum atomic E-state index is 10.00. The molecule has 0 aromatic carbocycles. The number of nitrogens with one attached hydrogen (secondary N) is 1. The fourth-order valence-electron chi connectivity index (χ4n) is 0.445. The molecule has 0 aliphatic heterocycles. The van der Waals surface area contributed by atoms with Crippen molar-refractivity contribution in [2.45, 2.75) is 5.91 Å². The summed E-state index contributed by atoms with van der Waals surface area (Å²) < 4.78 is 0. The highest BCUT2D eigenvalue weighted by Gasteiger charge is 2.76. The van der Waals surface area contributed by atoms with Crippen molar-refractivity contribution in [2.24, 2.45) is 0 Å². The summed E-state index contributed by atoms with van der Waals surface area (Å²) in [6.45, 7) is 0. The van der Waals surface area contributed by atoms with Crippen LogP contribution in [0.4, 0.5) is 0 Å². The molecule has 0 bridgehead atoms. The summed E-state index contributed by atoms with van der Waals surface area (Å²) in [5.41, 5.74) is 0.417. The molecule has 0 spiro atoms. The molecule has 14 heavy (non-hydrogen) atoms. The third-order valence-electron chi connectivity index (χ3n) is 1.01. The number of hydrogen-bond donors (Lipinski definition) is 1. The molecule has 0 saturated heterocycles. The minimum Gasteiger partial charge on any atom is -0.251 e. The van der Waals surface area contributed by atoms with Crippen LogP contribution < -0.4 is 5.43 Å². The van der Waals surface area contributed by atoms with E-state index >= 15 is 0 Å². The second-order valence-electron chi connectivity index (χ2n) is 1.78. The number of nitrogens with zero attached hydrogens (tertiary/aromatic N) is 4. The average Bonchev–Trinajstić information content (AvgIpc) is 1.97. The molecule has 1 N–H and O–H groups in total. The summed E-state index contributed by atoms with van der Waals surface area (Å²) in [7, 11) is 0. The highest BCUT2D eigenvalue weighted by atomic mass is 16.8. The van der Waals surface area contributed by atoms with Crippen LogP contribution in [0.15, 0.2) is 0 Å². The molecule has 78 valence electrons. The molecule has 0 aliphatic carbocycles. The van der Waals surface area contributed by atoms with Gasteiger partial charge in [-0.3, -0.25) is 30.3 Å². The maximum Gasteiger partial charge on any atom is 0.848 e. The van der Waals surface area contributed by atoms with Crippen LogP contribution in [-0.2, 0) is 0 Å². The lowest BCUT2D eigenvalue weighted by Crippen LogP contribution is -2.65. The van der Waals surface area contributed by atoms with Gasteiger partial charge in [-0.05, 0) is 0 Å². The van der Waals surface area contributed by atoms with Gasteiger partial charge < -0.3 is 0 Å². The molecule has 0 heterocycles. The van der Waals surface area contributed by atoms with E-state index in [9.17, 15) is 40.5 Å². The summed E-state index contributed by atoms with van der Waals surface area (Å²) in [5.74, 6) is -4.26. The molecule has 0 saturated carbocycles. The Morgan fingerprint density at radius 2 is 1.07 bits per heavy atom. The van der Waals surface area contributed by atoms with Crippen LogP contribution >= 0.6 is 0 Å². The number of hydrazine groups is 1. The van der Waals surface area contributed by atoms with Gasteiger partial charge in [0, 0.05) is 0 Å². The first-order chi connectivity index (χ1) is 6.25. The van der Waals surface area contributed by atoms with Gasteiger partial charge in [0.1, 0.15) is 0 Å². The summed E-state index contributed by atoms with van der Waals surface area (Å²) in [6.07, 6.45) is 0. The molecule has 0 amide bonds. The summed E-state index contributed by atoms with van der Waals surface area (Å²) in [4.78, 5) is 33.6. The quantitative estimate of drug-likeness (QED) is 0.311. The van der Waals surface area contributed by atoms with E-state index in [0.717, 1.165) is 0 Å². The first kappa shape index (κ1) is 11.4. The average molecular weight is 211 g/mol. The fourth-order valence-corrected chi connectivity index (χ4v) is 0.445. The Bertz CT molecular complexity index is 271. The SMILES string of the molecule is O=[N+]([O-])NC([N+](=O)[O-])([N+](=O)[O-])[N+](=O)[O-]. The van der Waals surface area contributed by atoms with Gasteiger partial charge in [0.25, 0.3) is 0 Å². The van der Waals surface area contributed by atoms with Crippen molar-refractivity contribution in [3.05, 3.63) is 40.5 Å². The molecule has 0 rings (SSSR count). The van der Waals surface area contributed by atoms with Crippen molar-refractivity contribution in [2.75, 3.05) is 0 Å². The van der Waals surface area contributed by atoms with Gasteiger partial charge in [-0.15, -0.1) is 0 Å². The van der Waals surface area contributed by atoms with Gasteiger partial charge in [0.05, 0.1) is 5.43 Å². The van der Waals surface area contributed by atoms with Crippen LogP contribution in [0.1, 0.15) is 0 Å². The largest absolute Gasteiger partial charge is 0.848 e. The maximum absolute atomic E-state index is 10.00. The van der Waals surface area contributed by atoms with Gasteiger partial charge in [-0.2, -0.15) is 0 Å². The summed E-state index contributed by atoms with van der Waals surface area (Å²) in [6, 6.07) is 0. The van der Waals surface area contributed by atoms with Crippen LogP contribution in [-0.4, -0.2) is 25.7 Å². The smallest absolute Gasteiger partial charge is 0.251 e. The monoisotopic (exact) mass is 211 g/mol. The van der Waals surface area contributed by atoms with Gasteiger partial charge >= 0.3 is 5.91 Å².